The molecule has 2 N–H and O–H groups in total. The summed E-state index contributed by atoms with van der Waals surface area (Å²) in [4.78, 5) is 16.0. The highest BCUT2D eigenvalue weighted by atomic mass is 15.3. The number of hydrogen-bond donors (Lipinski definition) is 1. The van der Waals surface area contributed by atoms with E-state index in [1.54, 1.807) is 10.7 Å². The Morgan fingerprint density at radius 3 is 2.59 bits per heavy atom. The van der Waals surface area contributed by atoms with Gasteiger partial charge in [-0.25, -0.2) is 14.5 Å². The fourth-order valence-electron chi connectivity index (χ4n) is 3.65. The van der Waals surface area contributed by atoms with Gasteiger partial charge in [0.15, 0.2) is 11.5 Å². The van der Waals surface area contributed by atoms with Crippen LogP contribution in [0.25, 0.3) is 28.0 Å². The molecule has 1 saturated heterocycles. The summed E-state index contributed by atoms with van der Waals surface area (Å²) in [5.41, 5.74) is 10.4. The van der Waals surface area contributed by atoms with Crippen molar-refractivity contribution in [1.82, 2.24) is 24.6 Å². The molecule has 1 aliphatic rings. The first-order chi connectivity index (χ1) is 13.3. The van der Waals surface area contributed by atoms with Crippen LogP contribution in [0.1, 0.15) is 12.8 Å². The van der Waals surface area contributed by atoms with E-state index in [0.29, 0.717) is 11.5 Å². The fourth-order valence-corrected chi connectivity index (χ4v) is 3.65. The lowest BCUT2D eigenvalue weighted by Gasteiger charge is -2.19. The van der Waals surface area contributed by atoms with Crippen LogP contribution >= 0.6 is 0 Å². The zero-order chi connectivity index (χ0) is 18.2. The number of aromatic nitrogens is 5. The Labute approximate surface area is 156 Å². The van der Waals surface area contributed by atoms with Crippen LogP contribution in [0.5, 0.6) is 0 Å². The van der Waals surface area contributed by atoms with Gasteiger partial charge < -0.3 is 10.6 Å². The van der Waals surface area contributed by atoms with Gasteiger partial charge in [0.25, 0.3) is 0 Å². The molecule has 1 aliphatic heterocycles. The summed E-state index contributed by atoms with van der Waals surface area (Å²) >= 11 is 0. The number of nitrogens with two attached hydrogens (primary N) is 1. The summed E-state index contributed by atoms with van der Waals surface area (Å²) in [6.07, 6.45) is 9.81. The largest absolute Gasteiger partial charge is 0.382 e. The summed E-state index contributed by atoms with van der Waals surface area (Å²) in [6, 6.07) is 9.75. The van der Waals surface area contributed by atoms with Crippen molar-refractivity contribution < 1.29 is 0 Å². The van der Waals surface area contributed by atoms with Crippen molar-refractivity contribution in [3.8, 4) is 22.4 Å². The molecule has 0 spiro atoms. The van der Waals surface area contributed by atoms with Crippen LogP contribution in [0.2, 0.25) is 0 Å². The van der Waals surface area contributed by atoms with E-state index in [-0.39, 0.29) is 0 Å². The molecular formula is C20H19N7. The van der Waals surface area contributed by atoms with Gasteiger partial charge in [0, 0.05) is 49.0 Å². The molecule has 27 heavy (non-hydrogen) atoms. The van der Waals surface area contributed by atoms with Gasteiger partial charge in [-0.3, -0.25) is 4.98 Å². The monoisotopic (exact) mass is 357 g/mol. The molecule has 0 aliphatic carbocycles. The van der Waals surface area contributed by atoms with Crippen molar-refractivity contribution >= 4 is 17.3 Å². The smallest absolute Gasteiger partial charge is 0.166 e. The molecular weight excluding hydrogens is 338 g/mol. The van der Waals surface area contributed by atoms with Gasteiger partial charge in [0.05, 0.1) is 11.3 Å². The van der Waals surface area contributed by atoms with Crippen molar-refractivity contribution in [2.75, 3.05) is 23.7 Å². The summed E-state index contributed by atoms with van der Waals surface area (Å²) in [5, 5.41) is 4.46. The highest BCUT2D eigenvalue weighted by Crippen LogP contribution is 2.32. The van der Waals surface area contributed by atoms with E-state index < -0.39 is 0 Å². The predicted molar refractivity (Wildman–Crippen MR) is 105 cm³/mol. The Bertz CT molecular complexity index is 1100. The molecule has 134 valence electrons. The maximum absolute atomic E-state index is 6.17. The number of nitrogens with zero attached hydrogens (tertiary/aromatic N) is 6. The minimum absolute atomic E-state index is 0.421. The van der Waals surface area contributed by atoms with Crippen LogP contribution in [0.4, 0.5) is 11.6 Å². The van der Waals surface area contributed by atoms with Crippen LogP contribution in [-0.2, 0) is 0 Å². The number of rotatable bonds is 3. The first-order valence-electron chi connectivity index (χ1n) is 9.07. The molecule has 0 atom stereocenters. The summed E-state index contributed by atoms with van der Waals surface area (Å²) in [6.45, 7) is 2.08. The minimum Gasteiger partial charge on any atom is -0.382 e. The van der Waals surface area contributed by atoms with Crippen molar-refractivity contribution in [2.45, 2.75) is 12.8 Å². The third kappa shape index (κ3) is 2.68. The Balaban J connectivity index is 1.63. The van der Waals surface area contributed by atoms with Gasteiger partial charge in [0.1, 0.15) is 5.82 Å². The lowest BCUT2D eigenvalue weighted by molar-refractivity contribution is 0.931. The maximum atomic E-state index is 6.17. The fraction of sp³-hybridized carbons (Fsp3) is 0.200. The number of hydrogen-bond acceptors (Lipinski definition) is 6. The Hall–Kier alpha value is -3.48. The quantitative estimate of drug-likeness (QED) is 0.607. The van der Waals surface area contributed by atoms with E-state index in [4.69, 9.17) is 5.73 Å². The molecule has 1 fully saturated rings. The second-order valence-electron chi connectivity index (χ2n) is 6.65. The second-order valence-corrected chi connectivity index (χ2v) is 6.65. The summed E-state index contributed by atoms with van der Waals surface area (Å²) < 4.78 is 1.73. The van der Waals surface area contributed by atoms with E-state index in [0.717, 1.165) is 41.3 Å². The summed E-state index contributed by atoms with van der Waals surface area (Å²) in [5.74, 6) is 1.42. The Kier molecular flexibility index (Phi) is 3.71. The van der Waals surface area contributed by atoms with Crippen molar-refractivity contribution in [1.29, 1.82) is 0 Å². The van der Waals surface area contributed by atoms with Crippen LogP contribution in [0.15, 0.2) is 55.1 Å². The Morgan fingerprint density at radius 2 is 1.78 bits per heavy atom. The molecule has 7 nitrogen and oxygen atoms in total. The molecule has 0 amide bonds. The predicted octanol–water partition coefficient (Wildman–Crippen LogP) is 3.04. The lowest BCUT2D eigenvalue weighted by Crippen LogP contribution is -2.19. The summed E-state index contributed by atoms with van der Waals surface area (Å²) in [7, 11) is 0. The zero-order valence-corrected chi connectivity index (χ0v) is 14.8. The van der Waals surface area contributed by atoms with Gasteiger partial charge in [-0.2, -0.15) is 0 Å². The second kappa shape index (κ2) is 6.35. The molecule has 5 heterocycles. The Morgan fingerprint density at radius 1 is 0.926 bits per heavy atom. The average Bonchev–Trinajstić information content (AvgIpc) is 3.35. The minimum atomic E-state index is 0.421. The van der Waals surface area contributed by atoms with Crippen LogP contribution in [0.3, 0.4) is 0 Å². The highest BCUT2D eigenvalue weighted by molar-refractivity contribution is 5.85. The topological polar surface area (TPSA) is 85.2 Å². The van der Waals surface area contributed by atoms with Gasteiger partial charge in [0.2, 0.25) is 0 Å². The van der Waals surface area contributed by atoms with E-state index in [1.807, 2.05) is 42.9 Å². The number of fused-ring (bicyclic) bond motifs is 1. The average molecular weight is 357 g/mol. The van der Waals surface area contributed by atoms with E-state index in [9.17, 15) is 0 Å². The van der Waals surface area contributed by atoms with Crippen molar-refractivity contribution in [3.05, 3.63) is 55.1 Å². The molecule has 7 heteroatoms. The first-order valence-corrected chi connectivity index (χ1v) is 9.07. The molecule has 0 unspecified atom stereocenters. The van der Waals surface area contributed by atoms with Gasteiger partial charge in [-0.05, 0) is 37.1 Å². The maximum Gasteiger partial charge on any atom is 0.166 e. The van der Waals surface area contributed by atoms with Crippen LogP contribution < -0.4 is 10.6 Å². The molecule has 0 aromatic carbocycles. The van der Waals surface area contributed by atoms with Gasteiger partial charge in [-0.15, -0.1) is 5.10 Å². The molecule has 4 aromatic rings. The molecule has 0 radical (unpaired) electrons. The van der Waals surface area contributed by atoms with Gasteiger partial charge in [-0.1, -0.05) is 6.07 Å². The normalized spacial score (nSPS) is 14.1. The first kappa shape index (κ1) is 15.7. The lowest BCUT2D eigenvalue weighted by atomic mass is 10.1. The molecule has 4 aromatic heterocycles. The molecule has 0 bridgehead atoms. The van der Waals surface area contributed by atoms with Gasteiger partial charge >= 0.3 is 0 Å². The molecule has 5 rings (SSSR count). The highest BCUT2D eigenvalue weighted by Gasteiger charge is 2.19. The number of anilines is 2. The third-order valence-electron chi connectivity index (χ3n) is 4.92. The number of pyridine rings is 2. The number of nitrogen functional groups attached to an aromatic ring is 1. The zero-order valence-electron chi connectivity index (χ0n) is 14.8. The standard InChI is InChI=1S/C20H19N7/c21-18-17(16-7-1-2-8-22-16)20-24-12-14(13-27(20)25-18)15-6-5-9-23-19(15)26-10-3-4-11-26/h1-2,5-9,12-13H,3-4,10-11H2,(H2,21,25). The van der Waals surface area contributed by atoms with Crippen molar-refractivity contribution in [3.63, 3.8) is 0 Å². The van der Waals surface area contributed by atoms with E-state index in [1.165, 1.54) is 12.8 Å². The van der Waals surface area contributed by atoms with Crippen LogP contribution in [0, 0.1) is 0 Å². The van der Waals surface area contributed by atoms with Crippen molar-refractivity contribution in [2.24, 2.45) is 0 Å². The van der Waals surface area contributed by atoms with E-state index >= 15 is 0 Å². The molecule has 0 saturated carbocycles. The third-order valence-corrected chi connectivity index (χ3v) is 4.92. The van der Waals surface area contributed by atoms with E-state index in [2.05, 4.69) is 31.0 Å². The SMILES string of the molecule is Nc1nn2cc(-c3cccnc3N3CCCC3)cnc2c1-c1ccccn1. The van der Waals surface area contributed by atoms with Crippen LogP contribution in [-0.4, -0.2) is 37.7 Å².